The summed E-state index contributed by atoms with van der Waals surface area (Å²) in [6.07, 6.45) is 1.06. The molecule has 21 heavy (non-hydrogen) atoms. The molecule has 5 heteroatoms. The summed E-state index contributed by atoms with van der Waals surface area (Å²) >= 11 is 0. The average Bonchev–Trinajstić information content (AvgIpc) is 2.87. The fourth-order valence-electron chi connectivity index (χ4n) is 1.94. The molecule has 2 aromatic rings. The van der Waals surface area contributed by atoms with Gasteiger partial charge in [-0.25, -0.2) is 9.48 Å². The van der Waals surface area contributed by atoms with Gasteiger partial charge in [-0.2, -0.15) is 0 Å². The fourth-order valence-corrected chi connectivity index (χ4v) is 1.94. The molecule has 0 saturated carbocycles. The summed E-state index contributed by atoms with van der Waals surface area (Å²) in [4.78, 5) is 12.1. The minimum absolute atomic E-state index is 0.247. The molecule has 1 aromatic heterocycles. The summed E-state index contributed by atoms with van der Waals surface area (Å²) in [5, 5.41) is 8.00. The van der Waals surface area contributed by atoms with E-state index in [2.05, 4.69) is 24.2 Å². The van der Waals surface area contributed by atoms with Crippen LogP contribution in [0.25, 0.3) is 0 Å². The van der Waals surface area contributed by atoms with E-state index in [1.165, 1.54) is 0 Å². The van der Waals surface area contributed by atoms with Gasteiger partial charge >= 0.3 is 5.97 Å². The Morgan fingerprint density at radius 2 is 2.05 bits per heavy atom. The highest BCUT2D eigenvalue weighted by molar-refractivity contribution is 5.88. The number of rotatable bonds is 6. The molecule has 0 bridgehead atoms. The van der Waals surface area contributed by atoms with E-state index in [1.54, 1.807) is 4.68 Å². The van der Waals surface area contributed by atoms with E-state index in [-0.39, 0.29) is 6.61 Å². The molecule has 0 radical (unpaired) electrons. The van der Waals surface area contributed by atoms with Gasteiger partial charge < -0.3 is 4.74 Å². The van der Waals surface area contributed by atoms with Gasteiger partial charge in [-0.1, -0.05) is 55.8 Å². The maximum atomic E-state index is 12.1. The van der Waals surface area contributed by atoms with Crippen molar-refractivity contribution in [2.24, 2.45) is 5.92 Å². The third-order valence-electron chi connectivity index (χ3n) is 3.57. The summed E-state index contributed by atoms with van der Waals surface area (Å²) in [5.41, 5.74) is 2.01. The van der Waals surface area contributed by atoms with Crippen molar-refractivity contribution in [1.82, 2.24) is 15.0 Å². The van der Waals surface area contributed by atoms with Gasteiger partial charge in [-0.3, -0.25) is 0 Å². The Labute approximate surface area is 124 Å². The van der Waals surface area contributed by atoms with Crippen LogP contribution in [-0.4, -0.2) is 21.0 Å². The Bertz CT molecular complexity index is 593. The van der Waals surface area contributed by atoms with Gasteiger partial charge in [0.05, 0.1) is 5.69 Å². The van der Waals surface area contributed by atoms with Crippen molar-refractivity contribution in [3.63, 3.8) is 0 Å². The van der Waals surface area contributed by atoms with Crippen molar-refractivity contribution in [2.75, 3.05) is 0 Å². The lowest BCUT2D eigenvalue weighted by molar-refractivity contribution is 0.0464. The van der Waals surface area contributed by atoms with E-state index in [9.17, 15) is 4.79 Å². The monoisotopic (exact) mass is 287 g/mol. The van der Waals surface area contributed by atoms with Crippen molar-refractivity contribution in [3.05, 3.63) is 47.3 Å². The zero-order valence-corrected chi connectivity index (χ0v) is 12.7. The van der Waals surface area contributed by atoms with Crippen LogP contribution in [-0.2, 0) is 17.9 Å². The first kappa shape index (κ1) is 15.2. The topological polar surface area (TPSA) is 57.0 Å². The number of aromatic nitrogens is 3. The van der Waals surface area contributed by atoms with Crippen molar-refractivity contribution < 1.29 is 9.53 Å². The SMILES string of the molecule is CCC(C)Cn1nnc(C(=O)OCc2ccccc2)c1C. The first-order valence-electron chi connectivity index (χ1n) is 7.23. The molecule has 0 fully saturated rings. The number of carbonyl (C=O) groups is 1. The predicted octanol–water partition coefficient (Wildman–Crippen LogP) is 2.99. The molecule has 0 saturated heterocycles. The first-order valence-corrected chi connectivity index (χ1v) is 7.23. The Kier molecular flexibility index (Phi) is 5.09. The molecule has 0 aliphatic carbocycles. The largest absolute Gasteiger partial charge is 0.456 e. The lowest BCUT2D eigenvalue weighted by atomic mass is 10.1. The number of hydrogen-bond donors (Lipinski definition) is 0. The van der Waals surface area contributed by atoms with Crippen molar-refractivity contribution >= 4 is 5.97 Å². The third-order valence-corrected chi connectivity index (χ3v) is 3.57. The number of hydrogen-bond acceptors (Lipinski definition) is 4. The number of nitrogens with zero attached hydrogens (tertiary/aromatic N) is 3. The number of ether oxygens (including phenoxy) is 1. The van der Waals surface area contributed by atoms with E-state index in [0.717, 1.165) is 24.2 Å². The Balaban J connectivity index is 2.00. The predicted molar refractivity (Wildman–Crippen MR) is 79.8 cm³/mol. The molecule has 0 amide bonds. The quantitative estimate of drug-likeness (QED) is 0.766. The van der Waals surface area contributed by atoms with Gasteiger partial charge in [0.25, 0.3) is 0 Å². The van der Waals surface area contributed by atoms with Crippen molar-refractivity contribution in [2.45, 2.75) is 40.3 Å². The summed E-state index contributed by atoms with van der Waals surface area (Å²) in [6, 6.07) is 9.59. The molecule has 0 spiro atoms. The van der Waals surface area contributed by atoms with Crippen LogP contribution < -0.4 is 0 Å². The molecule has 0 N–H and O–H groups in total. The summed E-state index contributed by atoms with van der Waals surface area (Å²) in [5.74, 6) is 0.0744. The Morgan fingerprint density at radius 3 is 2.71 bits per heavy atom. The normalized spacial score (nSPS) is 12.1. The van der Waals surface area contributed by atoms with Crippen LogP contribution >= 0.6 is 0 Å². The van der Waals surface area contributed by atoms with Crippen LogP contribution in [0, 0.1) is 12.8 Å². The smallest absolute Gasteiger partial charge is 0.361 e. The van der Waals surface area contributed by atoms with Crippen LogP contribution in [0.5, 0.6) is 0 Å². The van der Waals surface area contributed by atoms with E-state index >= 15 is 0 Å². The maximum absolute atomic E-state index is 12.1. The van der Waals surface area contributed by atoms with Crippen LogP contribution in [0.2, 0.25) is 0 Å². The second-order valence-corrected chi connectivity index (χ2v) is 5.28. The average molecular weight is 287 g/mol. The van der Waals surface area contributed by atoms with E-state index in [4.69, 9.17) is 4.74 Å². The van der Waals surface area contributed by atoms with Crippen LogP contribution in [0.15, 0.2) is 30.3 Å². The van der Waals surface area contributed by atoms with E-state index in [0.29, 0.717) is 11.6 Å². The number of carbonyl (C=O) groups excluding carboxylic acids is 1. The molecular formula is C16H21N3O2. The van der Waals surface area contributed by atoms with Gasteiger partial charge in [-0.15, -0.1) is 5.10 Å². The van der Waals surface area contributed by atoms with Crippen molar-refractivity contribution in [3.8, 4) is 0 Å². The fraction of sp³-hybridized carbons (Fsp3) is 0.438. The van der Waals surface area contributed by atoms with Crippen molar-refractivity contribution in [1.29, 1.82) is 0 Å². The standard InChI is InChI=1S/C16H21N3O2/c1-4-12(2)10-19-13(3)15(17-18-19)16(20)21-11-14-8-6-5-7-9-14/h5-9,12H,4,10-11H2,1-3H3. The van der Waals surface area contributed by atoms with Gasteiger partial charge in [0.1, 0.15) is 6.61 Å². The maximum Gasteiger partial charge on any atom is 0.361 e. The minimum atomic E-state index is -0.424. The molecule has 1 heterocycles. The summed E-state index contributed by atoms with van der Waals surface area (Å²) in [6.45, 7) is 7.14. The minimum Gasteiger partial charge on any atom is -0.456 e. The lowest BCUT2D eigenvalue weighted by Crippen LogP contribution is -2.11. The molecule has 5 nitrogen and oxygen atoms in total. The molecule has 0 aliphatic rings. The molecule has 1 atom stereocenters. The lowest BCUT2D eigenvalue weighted by Gasteiger charge is -2.09. The highest BCUT2D eigenvalue weighted by Crippen LogP contribution is 2.11. The molecule has 1 unspecified atom stereocenters. The Morgan fingerprint density at radius 1 is 1.33 bits per heavy atom. The molecule has 112 valence electrons. The van der Waals surface area contributed by atoms with Gasteiger partial charge in [-0.05, 0) is 18.4 Å². The first-order chi connectivity index (χ1) is 10.1. The zero-order chi connectivity index (χ0) is 15.2. The summed E-state index contributed by atoms with van der Waals surface area (Å²) < 4.78 is 7.06. The van der Waals surface area contributed by atoms with Gasteiger partial charge in [0.15, 0.2) is 5.69 Å². The highest BCUT2D eigenvalue weighted by Gasteiger charge is 2.18. The molecule has 1 aromatic carbocycles. The number of benzene rings is 1. The second kappa shape index (κ2) is 7.02. The summed E-state index contributed by atoms with van der Waals surface area (Å²) in [7, 11) is 0. The molecule has 2 rings (SSSR count). The van der Waals surface area contributed by atoms with Crippen LogP contribution in [0.1, 0.15) is 42.0 Å². The Hall–Kier alpha value is -2.17. The van der Waals surface area contributed by atoms with Gasteiger partial charge in [0, 0.05) is 6.54 Å². The zero-order valence-electron chi connectivity index (χ0n) is 12.7. The van der Waals surface area contributed by atoms with Crippen LogP contribution in [0.4, 0.5) is 0 Å². The van der Waals surface area contributed by atoms with Gasteiger partial charge in [0.2, 0.25) is 0 Å². The highest BCUT2D eigenvalue weighted by atomic mass is 16.5. The van der Waals surface area contributed by atoms with Crippen LogP contribution in [0.3, 0.4) is 0 Å². The molecule has 0 aliphatic heterocycles. The second-order valence-electron chi connectivity index (χ2n) is 5.28. The molecular weight excluding hydrogens is 266 g/mol. The van der Waals surface area contributed by atoms with E-state index < -0.39 is 5.97 Å². The number of esters is 1. The van der Waals surface area contributed by atoms with E-state index in [1.807, 2.05) is 37.3 Å². The third kappa shape index (κ3) is 3.90.